The SMILES string of the molecule is CCCCCCCCCCCCCCC(=O)OC[C@H](COC(=O)CCCCCCCCCCCCCCCCCC(C)C)OC(=O)CCCCCCCCCCC(C)CC. The number of rotatable bonds is 48. The lowest BCUT2D eigenvalue weighted by Crippen LogP contribution is -2.30. The molecular weight excluding hydrogens is 745 g/mol. The Morgan fingerprint density at radius 3 is 0.950 bits per heavy atom. The molecule has 1 unspecified atom stereocenters. The van der Waals surface area contributed by atoms with Gasteiger partial charge >= 0.3 is 17.9 Å². The fourth-order valence-corrected chi connectivity index (χ4v) is 8.13. The second kappa shape index (κ2) is 46.9. The van der Waals surface area contributed by atoms with Gasteiger partial charge in [-0.2, -0.15) is 0 Å². The van der Waals surface area contributed by atoms with E-state index in [1.807, 2.05) is 0 Å². The van der Waals surface area contributed by atoms with E-state index in [-0.39, 0.29) is 31.1 Å². The van der Waals surface area contributed by atoms with Gasteiger partial charge in [-0.05, 0) is 31.1 Å². The van der Waals surface area contributed by atoms with Crippen molar-refractivity contribution in [3.8, 4) is 0 Å². The summed E-state index contributed by atoms with van der Waals surface area (Å²) in [5.74, 6) is 0.847. The van der Waals surface area contributed by atoms with Crippen LogP contribution in [0.1, 0.15) is 298 Å². The molecular formula is C54H104O6. The fraction of sp³-hybridized carbons (Fsp3) is 0.944. The molecule has 0 heterocycles. The quantitative estimate of drug-likeness (QED) is 0.0345. The number of carbonyl (C=O) groups excluding carboxylic acids is 3. The summed E-state index contributed by atoms with van der Waals surface area (Å²) >= 11 is 0. The predicted octanol–water partition coefficient (Wildman–Crippen LogP) is 17.3. The highest BCUT2D eigenvalue weighted by atomic mass is 16.6. The van der Waals surface area contributed by atoms with Gasteiger partial charge in [0, 0.05) is 19.3 Å². The van der Waals surface area contributed by atoms with E-state index in [1.165, 1.54) is 186 Å². The molecule has 6 heteroatoms. The van der Waals surface area contributed by atoms with Crippen LogP contribution in [0.15, 0.2) is 0 Å². The molecule has 0 bridgehead atoms. The van der Waals surface area contributed by atoms with E-state index in [4.69, 9.17) is 14.2 Å². The van der Waals surface area contributed by atoms with Crippen molar-refractivity contribution in [2.75, 3.05) is 13.2 Å². The van der Waals surface area contributed by atoms with E-state index in [9.17, 15) is 14.4 Å². The van der Waals surface area contributed by atoms with Gasteiger partial charge < -0.3 is 14.2 Å². The zero-order valence-corrected chi connectivity index (χ0v) is 41.1. The van der Waals surface area contributed by atoms with Gasteiger partial charge in [0.15, 0.2) is 6.10 Å². The van der Waals surface area contributed by atoms with Gasteiger partial charge in [0.25, 0.3) is 0 Å². The third-order valence-electron chi connectivity index (χ3n) is 12.6. The van der Waals surface area contributed by atoms with Gasteiger partial charge in [-0.15, -0.1) is 0 Å². The molecule has 0 fully saturated rings. The van der Waals surface area contributed by atoms with Crippen molar-refractivity contribution < 1.29 is 28.6 Å². The van der Waals surface area contributed by atoms with Crippen LogP contribution in [0.4, 0.5) is 0 Å². The molecule has 60 heavy (non-hydrogen) atoms. The number of hydrogen-bond donors (Lipinski definition) is 0. The number of carbonyl (C=O) groups is 3. The summed E-state index contributed by atoms with van der Waals surface area (Å²) in [6.45, 7) is 11.4. The summed E-state index contributed by atoms with van der Waals surface area (Å²) in [4.78, 5) is 38.0. The Morgan fingerprint density at radius 2 is 0.633 bits per heavy atom. The number of esters is 3. The van der Waals surface area contributed by atoms with Crippen LogP contribution >= 0.6 is 0 Å². The van der Waals surface area contributed by atoms with Crippen molar-refractivity contribution in [1.29, 1.82) is 0 Å². The first-order valence-corrected chi connectivity index (χ1v) is 26.8. The Kier molecular flexibility index (Phi) is 45.7. The maximum Gasteiger partial charge on any atom is 0.306 e. The van der Waals surface area contributed by atoms with Crippen LogP contribution in [0.2, 0.25) is 0 Å². The minimum atomic E-state index is -0.762. The lowest BCUT2D eigenvalue weighted by Gasteiger charge is -2.18. The Morgan fingerprint density at radius 1 is 0.350 bits per heavy atom. The minimum Gasteiger partial charge on any atom is -0.462 e. The smallest absolute Gasteiger partial charge is 0.306 e. The first-order chi connectivity index (χ1) is 29.3. The van der Waals surface area contributed by atoms with Crippen LogP contribution in [-0.2, 0) is 28.6 Å². The molecule has 0 spiro atoms. The first kappa shape index (κ1) is 58.4. The highest BCUT2D eigenvalue weighted by molar-refractivity contribution is 5.71. The van der Waals surface area contributed by atoms with Gasteiger partial charge in [-0.1, -0.05) is 259 Å². The molecule has 0 aromatic rings. The number of ether oxygens (including phenoxy) is 3. The summed E-state index contributed by atoms with van der Waals surface area (Å²) in [5, 5.41) is 0. The van der Waals surface area contributed by atoms with Crippen molar-refractivity contribution in [2.45, 2.75) is 304 Å². The maximum absolute atomic E-state index is 12.8. The third-order valence-corrected chi connectivity index (χ3v) is 12.6. The topological polar surface area (TPSA) is 78.9 Å². The Balaban J connectivity index is 4.27. The van der Waals surface area contributed by atoms with E-state index in [0.29, 0.717) is 19.3 Å². The van der Waals surface area contributed by atoms with E-state index in [0.717, 1.165) is 69.6 Å². The lowest BCUT2D eigenvalue weighted by atomic mass is 9.99. The molecule has 0 aromatic carbocycles. The zero-order valence-electron chi connectivity index (χ0n) is 41.1. The highest BCUT2D eigenvalue weighted by Crippen LogP contribution is 2.18. The van der Waals surface area contributed by atoms with Gasteiger partial charge in [0.1, 0.15) is 13.2 Å². The average Bonchev–Trinajstić information content (AvgIpc) is 3.23. The van der Waals surface area contributed by atoms with Gasteiger partial charge in [-0.25, -0.2) is 0 Å². The normalized spacial score (nSPS) is 12.5. The third kappa shape index (κ3) is 45.9. The Labute approximate surface area is 374 Å². The molecule has 0 aliphatic carbocycles. The highest BCUT2D eigenvalue weighted by Gasteiger charge is 2.19. The average molecular weight is 849 g/mol. The molecule has 0 N–H and O–H groups in total. The van der Waals surface area contributed by atoms with Gasteiger partial charge in [0.05, 0.1) is 0 Å². The minimum absolute atomic E-state index is 0.0637. The molecule has 0 radical (unpaired) electrons. The van der Waals surface area contributed by atoms with Crippen LogP contribution in [0.25, 0.3) is 0 Å². The van der Waals surface area contributed by atoms with Crippen LogP contribution in [-0.4, -0.2) is 37.2 Å². The van der Waals surface area contributed by atoms with Gasteiger partial charge in [0.2, 0.25) is 0 Å². The van der Waals surface area contributed by atoms with E-state index < -0.39 is 6.10 Å². The molecule has 0 aliphatic heterocycles. The van der Waals surface area contributed by atoms with E-state index >= 15 is 0 Å². The van der Waals surface area contributed by atoms with Crippen molar-refractivity contribution in [1.82, 2.24) is 0 Å². The first-order valence-electron chi connectivity index (χ1n) is 26.8. The molecule has 2 atom stereocenters. The summed E-state index contributed by atoms with van der Waals surface area (Å²) < 4.78 is 16.8. The predicted molar refractivity (Wildman–Crippen MR) is 256 cm³/mol. The summed E-state index contributed by atoms with van der Waals surface area (Å²) in [5.41, 5.74) is 0. The zero-order chi connectivity index (χ0) is 44.0. The number of unbranched alkanes of at least 4 members (excludes halogenated alkanes) is 32. The standard InChI is InChI=1S/C54H104O6/c1-6-8-9-10-11-12-13-20-23-29-34-39-44-52(55)58-47-51(60-54(57)46-41-36-31-26-25-28-33-38-43-50(5)7-2)48-59-53(56)45-40-35-30-24-21-18-16-14-15-17-19-22-27-32-37-42-49(3)4/h49-51H,6-48H2,1-5H3/t50?,51-/m1/s1. The molecule has 356 valence electrons. The molecule has 0 saturated carbocycles. The summed E-state index contributed by atoms with van der Waals surface area (Å²) in [7, 11) is 0. The Bertz CT molecular complexity index is 918. The van der Waals surface area contributed by atoms with Crippen LogP contribution in [0, 0.1) is 11.8 Å². The summed E-state index contributed by atoms with van der Waals surface area (Å²) in [6, 6.07) is 0. The monoisotopic (exact) mass is 849 g/mol. The molecule has 0 aromatic heterocycles. The van der Waals surface area contributed by atoms with Crippen LogP contribution < -0.4 is 0 Å². The van der Waals surface area contributed by atoms with Crippen molar-refractivity contribution >= 4 is 17.9 Å². The van der Waals surface area contributed by atoms with Crippen molar-refractivity contribution in [2.24, 2.45) is 11.8 Å². The maximum atomic E-state index is 12.8. The van der Waals surface area contributed by atoms with E-state index in [1.54, 1.807) is 0 Å². The fourth-order valence-electron chi connectivity index (χ4n) is 8.13. The Hall–Kier alpha value is -1.59. The molecule has 6 nitrogen and oxygen atoms in total. The van der Waals surface area contributed by atoms with Crippen LogP contribution in [0.5, 0.6) is 0 Å². The second-order valence-corrected chi connectivity index (χ2v) is 19.2. The van der Waals surface area contributed by atoms with E-state index in [2.05, 4.69) is 34.6 Å². The van der Waals surface area contributed by atoms with Crippen molar-refractivity contribution in [3.63, 3.8) is 0 Å². The molecule has 0 amide bonds. The van der Waals surface area contributed by atoms with Crippen molar-refractivity contribution in [3.05, 3.63) is 0 Å². The second-order valence-electron chi connectivity index (χ2n) is 19.2. The summed E-state index contributed by atoms with van der Waals surface area (Å²) in [6.07, 6.45) is 48.0. The van der Waals surface area contributed by atoms with Gasteiger partial charge in [-0.3, -0.25) is 14.4 Å². The van der Waals surface area contributed by atoms with Crippen LogP contribution in [0.3, 0.4) is 0 Å². The molecule has 0 rings (SSSR count). The number of hydrogen-bond acceptors (Lipinski definition) is 6. The molecule has 0 saturated heterocycles. The molecule has 0 aliphatic rings. The largest absolute Gasteiger partial charge is 0.462 e. The lowest BCUT2D eigenvalue weighted by molar-refractivity contribution is -0.167.